The highest BCUT2D eigenvalue weighted by atomic mass is 79.9. The number of para-hydroxylation sites is 1. The Morgan fingerprint density at radius 2 is 2.06 bits per heavy atom. The van der Waals surface area contributed by atoms with Gasteiger partial charge in [0.05, 0.1) is 26.4 Å². The van der Waals surface area contributed by atoms with Crippen LogP contribution in [0.3, 0.4) is 0 Å². The number of carboxylic acid groups (broad SMARTS) is 1. The summed E-state index contributed by atoms with van der Waals surface area (Å²) in [6.45, 7) is 1.50. The van der Waals surface area contributed by atoms with E-state index in [1.807, 2.05) is 6.07 Å². The first kappa shape index (κ1) is 24.9. The smallest absolute Gasteiger partial charge is 0.290 e. The summed E-state index contributed by atoms with van der Waals surface area (Å²) in [6.07, 6.45) is 2.10. The van der Waals surface area contributed by atoms with Crippen molar-refractivity contribution in [3.8, 4) is 0 Å². The summed E-state index contributed by atoms with van der Waals surface area (Å²) in [6, 6.07) is 16.8. The highest BCUT2D eigenvalue weighted by Gasteiger charge is 2.34. The van der Waals surface area contributed by atoms with E-state index in [0.717, 1.165) is 46.3 Å². The molecule has 1 aromatic carbocycles. The second-order valence-corrected chi connectivity index (χ2v) is 11.0. The van der Waals surface area contributed by atoms with E-state index in [1.54, 1.807) is 22.7 Å². The molecule has 34 heavy (non-hydrogen) atoms. The molecule has 4 aromatic rings. The van der Waals surface area contributed by atoms with Gasteiger partial charge in [-0.2, -0.15) is 0 Å². The van der Waals surface area contributed by atoms with Gasteiger partial charge in [-0.25, -0.2) is 4.98 Å². The number of thiophene rings is 2. The number of piperidine rings is 1. The Kier molecular flexibility index (Phi) is 8.44. The minimum absolute atomic E-state index is 0.0521. The molecule has 3 aromatic heterocycles. The number of benzene rings is 1. The van der Waals surface area contributed by atoms with Crippen molar-refractivity contribution in [2.75, 3.05) is 16.8 Å². The molecule has 4 N–H and O–H groups in total. The summed E-state index contributed by atoms with van der Waals surface area (Å²) in [5.74, 6) is 0. The van der Waals surface area contributed by atoms with Crippen LogP contribution in [0.1, 0.15) is 28.6 Å². The first-order chi connectivity index (χ1) is 16.5. The Hall–Kier alpha value is -2.17. The minimum atomic E-state index is -0.250. The van der Waals surface area contributed by atoms with Crippen LogP contribution in [-0.4, -0.2) is 29.1 Å². The molecule has 1 aliphatic rings. The van der Waals surface area contributed by atoms with E-state index in [4.69, 9.17) is 27.2 Å². The standard InChI is InChI=1S/C23H22BrClN4S2.CH2O2/c24-19-20-22(17(12-18(25)28-20)27-13-15-8-5-11-30-15)31-23(19)21-16(26)9-4-10-29(21)14-6-2-1-3-7-14;2-1-3/h1-3,5-8,11-12,16,21H,4,9-10,13,26H2,(H,27,28);1H,(H,2,3)/t16-,21-;/m1./s1. The first-order valence-corrected chi connectivity index (χ1v) is 13.6. The number of fused-ring (bicyclic) bond motifs is 1. The highest BCUT2D eigenvalue weighted by molar-refractivity contribution is 9.10. The second kappa shape index (κ2) is 11.5. The molecule has 0 unspecified atom stereocenters. The molecule has 0 radical (unpaired) electrons. The van der Waals surface area contributed by atoms with Gasteiger partial charge in [0.2, 0.25) is 0 Å². The lowest BCUT2D eigenvalue weighted by atomic mass is 9.95. The van der Waals surface area contributed by atoms with Crippen LogP contribution in [0.4, 0.5) is 11.4 Å². The van der Waals surface area contributed by atoms with Crippen molar-refractivity contribution >= 4 is 78.3 Å². The van der Waals surface area contributed by atoms with Gasteiger partial charge < -0.3 is 21.1 Å². The molecule has 0 spiro atoms. The maximum absolute atomic E-state index is 8.36. The topological polar surface area (TPSA) is 91.5 Å². The van der Waals surface area contributed by atoms with Crippen molar-refractivity contribution in [1.29, 1.82) is 0 Å². The number of nitrogens with two attached hydrogens (primary N) is 1. The van der Waals surface area contributed by atoms with Crippen LogP contribution in [0, 0.1) is 0 Å². The number of pyridine rings is 1. The molecular weight excluding hydrogens is 556 g/mol. The third-order valence-electron chi connectivity index (χ3n) is 5.65. The van der Waals surface area contributed by atoms with Crippen LogP contribution >= 0.6 is 50.2 Å². The largest absolute Gasteiger partial charge is 0.483 e. The zero-order valence-electron chi connectivity index (χ0n) is 18.2. The van der Waals surface area contributed by atoms with Gasteiger partial charge in [0.25, 0.3) is 6.47 Å². The van der Waals surface area contributed by atoms with E-state index in [9.17, 15) is 0 Å². The quantitative estimate of drug-likeness (QED) is 0.179. The number of nitrogens with zero attached hydrogens (tertiary/aromatic N) is 2. The second-order valence-electron chi connectivity index (χ2n) is 7.77. The lowest BCUT2D eigenvalue weighted by Gasteiger charge is -2.41. The number of hydrogen-bond donors (Lipinski definition) is 3. The van der Waals surface area contributed by atoms with Gasteiger partial charge in [-0.05, 0) is 52.4 Å². The van der Waals surface area contributed by atoms with Crippen LogP contribution in [0.25, 0.3) is 10.2 Å². The molecule has 1 saturated heterocycles. The molecule has 0 saturated carbocycles. The summed E-state index contributed by atoms with van der Waals surface area (Å²) >= 11 is 13.8. The minimum Gasteiger partial charge on any atom is -0.483 e. The van der Waals surface area contributed by atoms with E-state index >= 15 is 0 Å². The number of nitrogens with one attached hydrogen (secondary N) is 1. The summed E-state index contributed by atoms with van der Waals surface area (Å²) in [4.78, 5) is 17.9. The van der Waals surface area contributed by atoms with Gasteiger partial charge in [-0.1, -0.05) is 35.9 Å². The van der Waals surface area contributed by atoms with Crippen LogP contribution < -0.4 is 16.0 Å². The normalized spacial score (nSPS) is 17.8. The molecule has 10 heteroatoms. The van der Waals surface area contributed by atoms with Crippen molar-refractivity contribution in [2.45, 2.75) is 31.5 Å². The predicted octanol–water partition coefficient (Wildman–Crippen LogP) is 6.76. The lowest BCUT2D eigenvalue weighted by molar-refractivity contribution is -0.122. The number of halogens is 2. The van der Waals surface area contributed by atoms with Crippen molar-refractivity contribution < 1.29 is 9.90 Å². The zero-order chi connectivity index (χ0) is 24.1. The van der Waals surface area contributed by atoms with Crippen molar-refractivity contribution in [3.63, 3.8) is 0 Å². The number of anilines is 2. The fourth-order valence-corrected chi connectivity index (χ4v) is 7.26. The number of rotatable bonds is 5. The Morgan fingerprint density at radius 3 is 2.76 bits per heavy atom. The van der Waals surface area contributed by atoms with Gasteiger partial charge >= 0.3 is 0 Å². The van der Waals surface area contributed by atoms with E-state index < -0.39 is 0 Å². The van der Waals surface area contributed by atoms with Gasteiger partial charge in [0, 0.05) is 40.6 Å². The molecule has 178 valence electrons. The SMILES string of the molecule is N[C@@H]1CCCN(c2ccccc2)[C@H]1c1sc2c(NCc3cccs3)cc(Cl)nc2c1Br.O=CO. The van der Waals surface area contributed by atoms with Crippen LogP contribution in [0.2, 0.25) is 5.15 Å². The van der Waals surface area contributed by atoms with Gasteiger partial charge in [-0.15, -0.1) is 22.7 Å². The highest BCUT2D eigenvalue weighted by Crippen LogP contribution is 2.47. The lowest BCUT2D eigenvalue weighted by Crippen LogP contribution is -2.45. The average Bonchev–Trinajstić information content (AvgIpc) is 3.47. The predicted molar refractivity (Wildman–Crippen MR) is 146 cm³/mol. The monoisotopic (exact) mass is 578 g/mol. The van der Waals surface area contributed by atoms with Gasteiger partial charge in [0.15, 0.2) is 0 Å². The Morgan fingerprint density at radius 1 is 1.29 bits per heavy atom. The summed E-state index contributed by atoms with van der Waals surface area (Å²) < 4.78 is 2.10. The molecule has 0 amide bonds. The summed E-state index contributed by atoms with van der Waals surface area (Å²) in [5.41, 5.74) is 9.81. The van der Waals surface area contributed by atoms with E-state index in [-0.39, 0.29) is 18.6 Å². The van der Waals surface area contributed by atoms with Gasteiger partial charge in [-0.3, -0.25) is 4.79 Å². The zero-order valence-corrected chi connectivity index (χ0v) is 22.1. The molecule has 4 heterocycles. The fourth-order valence-electron chi connectivity index (χ4n) is 4.21. The van der Waals surface area contributed by atoms with Crippen LogP contribution in [-0.2, 0) is 11.3 Å². The number of hydrogen-bond acceptors (Lipinski definition) is 7. The molecule has 2 atom stereocenters. The van der Waals surface area contributed by atoms with E-state index in [1.165, 1.54) is 15.4 Å². The molecular formula is C24H24BrClN4O2S2. The first-order valence-electron chi connectivity index (χ1n) is 10.7. The Balaban J connectivity index is 0.000000868. The molecule has 1 aliphatic heterocycles. The maximum Gasteiger partial charge on any atom is 0.290 e. The van der Waals surface area contributed by atoms with E-state index in [2.05, 4.69) is 79.0 Å². The fraction of sp³-hybridized carbons (Fsp3) is 0.250. The van der Waals surface area contributed by atoms with Crippen molar-refractivity contribution in [2.24, 2.45) is 5.73 Å². The van der Waals surface area contributed by atoms with Crippen molar-refractivity contribution in [3.05, 3.63) is 73.3 Å². The Labute approximate surface area is 219 Å². The third-order valence-corrected chi connectivity index (χ3v) is 9.06. The Bertz CT molecular complexity index is 1240. The molecule has 5 rings (SSSR count). The van der Waals surface area contributed by atoms with Crippen molar-refractivity contribution in [1.82, 2.24) is 4.98 Å². The third kappa shape index (κ3) is 5.39. The van der Waals surface area contributed by atoms with E-state index in [0.29, 0.717) is 5.15 Å². The average molecular weight is 580 g/mol. The molecule has 6 nitrogen and oxygen atoms in total. The summed E-state index contributed by atoms with van der Waals surface area (Å²) in [5, 5.41) is 13.0. The number of carbonyl (C=O) groups is 1. The maximum atomic E-state index is 8.36. The molecule has 0 aliphatic carbocycles. The van der Waals surface area contributed by atoms with Crippen LogP contribution in [0.15, 0.2) is 58.4 Å². The molecule has 0 bridgehead atoms. The molecule has 1 fully saturated rings. The van der Waals surface area contributed by atoms with Crippen LogP contribution in [0.5, 0.6) is 0 Å². The number of aromatic nitrogens is 1. The summed E-state index contributed by atoms with van der Waals surface area (Å²) in [7, 11) is 0. The van der Waals surface area contributed by atoms with Gasteiger partial charge in [0.1, 0.15) is 5.15 Å².